The van der Waals surface area contributed by atoms with Crippen LogP contribution in [-0.2, 0) is 11.2 Å². The van der Waals surface area contributed by atoms with Crippen molar-refractivity contribution in [3.8, 4) is 6.07 Å². The Morgan fingerprint density at radius 3 is 2.69 bits per heavy atom. The average Bonchev–Trinajstić information content (AvgIpc) is 2.69. The second kappa shape index (κ2) is 8.05. The molecule has 1 heterocycles. The van der Waals surface area contributed by atoms with Crippen molar-refractivity contribution in [1.82, 2.24) is 5.43 Å². The predicted molar refractivity (Wildman–Crippen MR) is 103 cm³/mol. The number of nitrogens with one attached hydrogen (secondary N) is 1. The topological polar surface area (TPSA) is 56.1 Å². The van der Waals surface area contributed by atoms with Crippen LogP contribution in [0.25, 0.3) is 0 Å². The zero-order chi connectivity index (χ0) is 18.4. The van der Waals surface area contributed by atoms with Gasteiger partial charge >= 0.3 is 0 Å². The van der Waals surface area contributed by atoms with Crippen molar-refractivity contribution in [3.05, 3.63) is 65.7 Å². The highest BCUT2D eigenvalue weighted by molar-refractivity contribution is 5.85. The van der Waals surface area contributed by atoms with Gasteiger partial charge in [-0.15, -0.1) is 0 Å². The minimum absolute atomic E-state index is 0.0865. The molecule has 2 aromatic carbocycles. The van der Waals surface area contributed by atoms with Gasteiger partial charge in [0.25, 0.3) is 0 Å². The smallest absolute Gasteiger partial charge is 0.245 e. The first kappa shape index (κ1) is 18.0. The van der Waals surface area contributed by atoms with Gasteiger partial charge in [-0.25, -0.2) is 0 Å². The van der Waals surface area contributed by atoms with Crippen molar-refractivity contribution in [3.63, 3.8) is 0 Å². The maximum Gasteiger partial charge on any atom is 0.245 e. The number of unbranched alkanes of at least 4 members (excludes halogenated alkanes) is 1. The van der Waals surface area contributed by atoms with E-state index < -0.39 is 0 Å². The van der Waals surface area contributed by atoms with Gasteiger partial charge in [0, 0.05) is 6.54 Å². The first-order chi connectivity index (χ1) is 12.7. The van der Waals surface area contributed by atoms with Crippen LogP contribution in [0, 0.1) is 16.7 Å². The van der Waals surface area contributed by atoms with Gasteiger partial charge in [0.15, 0.2) is 0 Å². The third-order valence-corrected chi connectivity index (χ3v) is 5.21. The Hall–Kier alpha value is -2.80. The third kappa shape index (κ3) is 3.88. The number of carbonyl (C=O) groups excluding carboxylic acids is 1. The fraction of sp³-hybridized carbons (Fsp3) is 0.364. The molecule has 1 fully saturated rings. The molecule has 1 N–H and O–H groups in total. The Kier molecular flexibility index (Phi) is 5.58. The molecule has 0 saturated carbocycles. The molecule has 0 spiro atoms. The Morgan fingerprint density at radius 2 is 2.00 bits per heavy atom. The van der Waals surface area contributed by atoms with Crippen LogP contribution >= 0.6 is 0 Å². The van der Waals surface area contributed by atoms with Crippen LogP contribution in [0.3, 0.4) is 0 Å². The summed E-state index contributed by atoms with van der Waals surface area (Å²) < 4.78 is 0. The molecule has 0 radical (unpaired) electrons. The second-order valence-corrected chi connectivity index (χ2v) is 7.05. The SMILES string of the molecule is CCCCC1(Cc2ccccc2)CCN(c2cccc(C#N)c2)NC1=O. The van der Waals surface area contributed by atoms with E-state index in [0.717, 1.165) is 44.3 Å². The van der Waals surface area contributed by atoms with E-state index >= 15 is 0 Å². The molecule has 1 saturated heterocycles. The van der Waals surface area contributed by atoms with Gasteiger partial charge in [0.1, 0.15) is 0 Å². The lowest BCUT2D eigenvalue weighted by molar-refractivity contribution is -0.134. The van der Waals surface area contributed by atoms with Crippen molar-refractivity contribution < 1.29 is 4.79 Å². The summed E-state index contributed by atoms with van der Waals surface area (Å²) in [4.78, 5) is 13.1. The van der Waals surface area contributed by atoms with Gasteiger partial charge in [-0.3, -0.25) is 15.2 Å². The number of benzene rings is 2. The summed E-state index contributed by atoms with van der Waals surface area (Å²) >= 11 is 0. The van der Waals surface area contributed by atoms with Crippen LogP contribution in [-0.4, -0.2) is 12.5 Å². The van der Waals surface area contributed by atoms with E-state index in [1.54, 1.807) is 6.07 Å². The number of nitrogens with zero attached hydrogens (tertiary/aromatic N) is 2. The van der Waals surface area contributed by atoms with E-state index in [9.17, 15) is 4.79 Å². The summed E-state index contributed by atoms with van der Waals surface area (Å²) in [6.07, 6.45) is 4.61. The fourth-order valence-electron chi connectivity index (χ4n) is 3.67. The highest BCUT2D eigenvalue weighted by atomic mass is 16.2. The highest BCUT2D eigenvalue weighted by Crippen LogP contribution is 2.37. The normalized spacial score (nSPS) is 19.7. The molecule has 0 aliphatic carbocycles. The molecule has 134 valence electrons. The molecule has 0 aromatic heterocycles. The number of carbonyl (C=O) groups is 1. The summed E-state index contributed by atoms with van der Waals surface area (Å²) in [5.74, 6) is 0.0865. The predicted octanol–water partition coefficient (Wildman–Crippen LogP) is 4.22. The van der Waals surface area contributed by atoms with E-state index in [1.807, 2.05) is 41.4 Å². The van der Waals surface area contributed by atoms with E-state index in [0.29, 0.717) is 5.56 Å². The zero-order valence-corrected chi connectivity index (χ0v) is 15.2. The lowest BCUT2D eigenvalue weighted by Crippen LogP contribution is -2.57. The van der Waals surface area contributed by atoms with Crippen LogP contribution in [0.5, 0.6) is 0 Å². The Bertz CT molecular complexity index is 797. The number of anilines is 1. The first-order valence-corrected chi connectivity index (χ1v) is 9.29. The van der Waals surface area contributed by atoms with Crippen molar-refractivity contribution in [2.45, 2.75) is 39.0 Å². The minimum atomic E-state index is -0.360. The van der Waals surface area contributed by atoms with E-state index in [4.69, 9.17) is 5.26 Å². The maximum atomic E-state index is 13.1. The summed E-state index contributed by atoms with van der Waals surface area (Å²) in [6, 6.07) is 19.8. The molecule has 1 amide bonds. The Morgan fingerprint density at radius 1 is 1.19 bits per heavy atom. The lowest BCUT2D eigenvalue weighted by atomic mass is 9.73. The van der Waals surface area contributed by atoms with E-state index in [2.05, 4.69) is 30.6 Å². The minimum Gasteiger partial charge on any atom is -0.285 e. The van der Waals surface area contributed by atoms with E-state index in [1.165, 1.54) is 5.56 Å². The number of hydrazine groups is 1. The van der Waals surface area contributed by atoms with Crippen LogP contribution in [0.15, 0.2) is 54.6 Å². The largest absolute Gasteiger partial charge is 0.285 e. The summed E-state index contributed by atoms with van der Waals surface area (Å²) in [5.41, 5.74) is 5.40. The quantitative estimate of drug-likeness (QED) is 0.851. The summed E-state index contributed by atoms with van der Waals surface area (Å²) in [7, 11) is 0. The van der Waals surface area contributed by atoms with E-state index in [-0.39, 0.29) is 11.3 Å². The molecule has 0 bridgehead atoms. The average molecular weight is 347 g/mol. The standard InChI is InChI=1S/C22H25N3O/c1-2-3-12-22(16-18-8-5-4-6-9-18)13-14-25(24-21(22)26)20-11-7-10-19(15-20)17-23/h4-11,15H,2-3,12-14,16H2,1H3,(H,24,26). The Balaban J connectivity index is 1.80. The number of hydrogen-bond donors (Lipinski definition) is 1. The zero-order valence-electron chi connectivity index (χ0n) is 15.2. The summed E-state index contributed by atoms with van der Waals surface area (Å²) in [5, 5.41) is 11.0. The molecular weight excluding hydrogens is 322 g/mol. The number of nitriles is 1. The molecule has 1 atom stereocenters. The maximum absolute atomic E-state index is 13.1. The molecule has 4 nitrogen and oxygen atoms in total. The molecule has 4 heteroatoms. The highest BCUT2D eigenvalue weighted by Gasteiger charge is 2.42. The Labute approximate surface area is 155 Å². The van der Waals surface area contributed by atoms with Crippen molar-refractivity contribution in [1.29, 1.82) is 5.26 Å². The van der Waals surface area contributed by atoms with Crippen molar-refractivity contribution in [2.24, 2.45) is 5.41 Å². The fourth-order valence-corrected chi connectivity index (χ4v) is 3.67. The monoisotopic (exact) mass is 347 g/mol. The molecule has 1 aliphatic rings. The van der Waals surface area contributed by atoms with Crippen LogP contribution in [0.2, 0.25) is 0 Å². The molecular formula is C22H25N3O. The van der Waals surface area contributed by atoms with Crippen molar-refractivity contribution in [2.75, 3.05) is 11.6 Å². The second-order valence-electron chi connectivity index (χ2n) is 7.05. The molecule has 1 aliphatic heterocycles. The number of amides is 1. The van der Waals surface area contributed by atoms with Crippen molar-refractivity contribution >= 4 is 11.6 Å². The van der Waals surface area contributed by atoms with Gasteiger partial charge in [0.2, 0.25) is 5.91 Å². The van der Waals surface area contributed by atoms with Crippen LogP contribution in [0.4, 0.5) is 5.69 Å². The molecule has 2 aromatic rings. The van der Waals surface area contributed by atoms with Gasteiger partial charge < -0.3 is 0 Å². The first-order valence-electron chi connectivity index (χ1n) is 9.29. The summed E-state index contributed by atoms with van der Waals surface area (Å²) in [6.45, 7) is 2.91. The van der Waals surface area contributed by atoms with Gasteiger partial charge in [-0.1, -0.05) is 56.2 Å². The number of hydrogen-bond acceptors (Lipinski definition) is 3. The van der Waals surface area contributed by atoms with Crippen LogP contribution in [0.1, 0.15) is 43.7 Å². The van der Waals surface area contributed by atoms with Gasteiger partial charge in [-0.05, 0) is 43.0 Å². The lowest BCUT2D eigenvalue weighted by Gasteiger charge is -2.42. The van der Waals surface area contributed by atoms with Crippen LogP contribution < -0.4 is 10.4 Å². The molecule has 26 heavy (non-hydrogen) atoms. The molecule has 1 unspecified atom stereocenters. The van der Waals surface area contributed by atoms with Gasteiger partial charge in [-0.2, -0.15) is 5.26 Å². The molecule has 3 rings (SSSR count). The van der Waals surface area contributed by atoms with Gasteiger partial charge in [0.05, 0.1) is 22.7 Å². The number of rotatable bonds is 6. The third-order valence-electron chi connectivity index (χ3n) is 5.21.